The van der Waals surface area contributed by atoms with E-state index in [-0.39, 0.29) is 0 Å². The van der Waals surface area contributed by atoms with Crippen molar-refractivity contribution in [3.63, 3.8) is 0 Å². The van der Waals surface area contributed by atoms with Crippen LogP contribution in [-0.2, 0) is 0 Å². The molecule has 0 radical (unpaired) electrons. The number of nitrogens with zero attached hydrogens (tertiary/aromatic N) is 1. The summed E-state index contributed by atoms with van der Waals surface area (Å²) in [6.07, 6.45) is 2.50. The Morgan fingerprint density at radius 1 is 1.31 bits per heavy atom. The number of nitro groups is 1. The molecule has 0 saturated heterocycles. The lowest BCUT2D eigenvalue weighted by atomic mass is 10.0. The lowest BCUT2D eigenvalue weighted by Crippen LogP contribution is -1.87. The fraction of sp³-hybridized carbons (Fsp3) is 0.200. The summed E-state index contributed by atoms with van der Waals surface area (Å²) in [6.45, 7) is 3.87. The zero-order valence-corrected chi connectivity index (χ0v) is 7.65. The Bertz CT molecular complexity index is 336. The van der Waals surface area contributed by atoms with E-state index in [1.54, 1.807) is 0 Å². The van der Waals surface area contributed by atoms with Crippen molar-refractivity contribution < 1.29 is 4.92 Å². The second-order valence-corrected chi connectivity index (χ2v) is 2.91. The van der Waals surface area contributed by atoms with Gasteiger partial charge in [-0.25, -0.2) is 0 Å². The van der Waals surface area contributed by atoms with Crippen LogP contribution in [0.3, 0.4) is 0 Å². The van der Waals surface area contributed by atoms with Gasteiger partial charge in [0.2, 0.25) is 6.20 Å². The lowest BCUT2D eigenvalue weighted by Gasteiger charge is -2.02. The molecular weight excluding hydrogens is 166 g/mol. The number of aryl methyl sites for hydroxylation is 2. The molecular formula is C10H11NO2. The van der Waals surface area contributed by atoms with E-state index in [9.17, 15) is 10.1 Å². The number of hydrogen-bond donors (Lipinski definition) is 0. The van der Waals surface area contributed by atoms with Gasteiger partial charge in [0.05, 0.1) is 4.92 Å². The van der Waals surface area contributed by atoms with Crippen LogP contribution in [0.4, 0.5) is 0 Å². The summed E-state index contributed by atoms with van der Waals surface area (Å²) < 4.78 is 0. The normalized spacial score (nSPS) is 10.6. The van der Waals surface area contributed by atoms with Crippen LogP contribution in [0.25, 0.3) is 6.08 Å². The van der Waals surface area contributed by atoms with Crippen molar-refractivity contribution >= 4 is 6.08 Å². The molecule has 3 nitrogen and oxygen atoms in total. The fourth-order valence-corrected chi connectivity index (χ4v) is 1.23. The first-order chi connectivity index (χ1) is 6.11. The molecule has 0 aliphatic carbocycles. The molecule has 0 unspecified atom stereocenters. The van der Waals surface area contributed by atoms with Crippen LogP contribution in [0.15, 0.2) is 24.4 Å². The first-order valence-corrected chi connectivity index (χ1v) is 3.99. The molecule has 0 atom stereocenters. The molecule has 0 heterocycles. The van der Waals surface area contributed by atoms with Crippen LogP contribution in [0, 0.1) is 24.0 Å². The van der Waals surface area contributed by atoms with E-state index < -0.39 is 4.92 Å². The quantitative estimate of drug-likeness (QED) is 0.514. The van der Waals surface area contributed by atoms with Gasteiger partial charge in [-0.05, 0) is 30.5 Å². The molecule has 0 aliphatic heterocycles. The Labute approximate surface area is 76.9 Å². The minimum absolute atomic E-state index is 0.453. The third kappa shape index (κ3) is 2.40. The molecule has 0 bridgehead atoms. The third-order valence-corrected chi connectivity index (χ3v) is 1.91. The topological polar surface area (TPSA) is 43.1 Å². The maximum atomic E-state index is 10.1. The van der Waals surface area contributed by atoms with E-state index in [0.717, 1.165) is 22.9 Å². The van der Waals surface area contributed by atoms with Crippen LogP contribution in [0.2, 0.25) is 0 Å². The SMILES string of the molecule is Cc1cccc(C)c1C=C[N+](=O)[O-]. The van der Waals surface area contributed by atoms with Gasteiger partial charge >= 0.3 is 0 Å². The largest absolute Gasteiger partial charge is 0.259 e. The van der Waals surface area contributed by atoms with Gasteiger partial charge in [-0.3, -0.25) is 10.1 Å². The van der Waals surface area contributed by atoms with Crippen LogP contribution in [0.5, 0.6) is 0 Å². The highest BCUT2D eigenvalue weighted by atomic mass is 16.6. The molecule has 68 valence electrons. The Hall–Kier alpha value is -1.64. The second-order valence-electron chi connectivity index (χ2n) is 2.91. The van der Waals surface area contributed by atoms with E-state index in [4.69, 9.17) is 0 Å². The molecule has 1 aromatic carbocycles. The summed E-state index contributed by atoms with van der Waals surface area (Å²) in [5, 5.41) is 10.1. The van der Waals surface area contributed by atoms with Crippen molar-refractivity contribution in [1.82, 2.24) is 0 Å². The Morgan fingerprint density at radius 3 is 2.31 bits per heavy atom. The van der Waals surface area contributed by atoms with Gasteiger partial charge in [0, 0.05) is 6.08 Å². The molecule has 0 aliphatic rings. The third-order valence-electron chi connectivity index (χ3n) is 1.91. The van der Waals surface area contributed by atoms with E-state index in [2.05, 4.69) is 0 Å². The molecule has 13 heavy (non-hydrogen) atoms. The standard InChI is InChI=1S/C10H11NO2/c1-8-4-3-5-9(2)10(8)6-7-11(12)13/h3-7H,1-2H3. The summed E-state index contributed by atoms with van der Waals surface area (Å²) in [4.78, 5) is 9.66. The van der Waals surface area contributed by atoms with Gasteiger partial charge in [0.25, 0.3) is 0 Å². The molecule has 0 amide bonds. The van der Waals surface area contributed by atoms with Crippen molar-refractivity contribution in [3.8, 4) is 0 Å². The molecule has 3 heteroatoms. The Morgan fingerprint density at radius 2 is 1.85 bits per heavy atom. The highest BCUT2D eigenvalue weighted by molar-refractivity contribution is 5.56. The predicted octanol–water partition coefficient (Wildman–Crippen LogP) is 2.55. The highest BCUT2D eigenvalue weighted by Crippen LogP contribution is 2.14. The lowest BCUT2D eigenvalue weighted by molar-refractivity contribution is -0.400. The van der Waals surface area contributed by atoms with E-state index >= 15 is 0 Å². The average Bonchev–Trinajstić information content (AvgIpc) is 2.03. The summed E-state index contributed by atoms with van der Waals surface area (Å²) >= 11 is 0. The molecule has 1 rings (SSSR count). The zero-order chi connectivity index (χ0) is 9.84. The van der Waals surface area contributed by atoms with Crippen molar-refractivity contribution in [2.45, 2.75) is 13.8 Å². The molecule has 0 spiro atoms. The number of hydrogen-bond acceptors (Lipinski definition) is 2. The fourth-order valence-electron chi connectivity index (χ4n) is 1.23. The molecule has 0 fully saturated rings. The van der Waals surface area contributed by atoms with Gasteiger partial charge in [-0.2, -0.15) is 0 Å². The van der Waals surface area contributed by atoms with Crippen molar-refractivity contribution in [1.29, 1.82) is 0 Å². The second kappa shape index (κ2) is 3.85. The van der Waals surface area contributed by atoms with Gasteiger partial charge < -0.3 is 0 Å². The van der Waals surface area contributed by atoms with E-state index in [0.29, 0.717) is 0 Å². The van der Waals surface area contributed by atoms with Gasteiger partial charge in [0.15, 0.2) is 0 Å². The Balaban J connectivity index is 3.06. The van der Waals surface area contributed by atoms with Crippen LogP contribution in [0.1, 0.15) is 16.7 Å². The van der Waals surface area contributed by atoms with E-state index in [1.807, 2.05) is 32.0 Å². The van der Waals surface area contributed by atoms with Crippen LogP contribution >= 0.6 is 0 Å². The molecule has 0 aromatic heterocycles. The van der Waals surface area contributed by atoms with Gasteiger partial charge in [-0.1, -0.05) is 18.2 Å². The van der Waals surface area contributed by atoms with Gasteiger partial charge in [0.1, 0.15) is 0 Å². The van der Waals surface area contributed by atoms with Crippen molar-refractivity contribution in [2.24, 2.45) is 0 Å². The zero-order valence-electron chi connectivity index (χ0n) is 7.65. The summed E-state index contributed by atoms with van der Waals surface area (Å²) in [6, 6.07) is 5.81. The number of rotatable bonds is 2. The Kier molecular flexibility index (Phi) is 2.80. The van der Waals surface area contributed by atoms with E-state index in [1.165, 1.54) is 6.08 Å². The maximum Gasteiger partial charge on any atom is 0.235 e. The maximum absolute atomic E-state index is 10.1. The molecule has 1 aromatic rings. The smallest absolute Gasteiger partial charge is 0.235 e. The first kappa shape index (κ1) is 9.45. The van der Waals surface area contributed by atoms with Crippen LogP contribution in [-0.4, -0.2) is 4.92 Å². The summed E-state index contributed by atoms with van der Waals surface area (Å²) in [7, 11) is 0. The van der Waals surface area contributed by atoms with Crippen molar-refractivity contribution in [2.75, 3.05) is 0 Å². The van der Waals surface area contributed by atoms with Crippen molar-refractivity contribution in [3.05, 3.63) is 51.2 Å². The van der Waals surface area contributed by atoms with Crippen LogP contribution < -0.4 is 0 Å². The predicted molar refractivity (Wildman–Crippen MR) is 51.9 cm³/mol. The molecule has 0 N–H and O–H groups in total. The highest BCUT2D eigenvalue weighted by Gasteiger charge is 1.98. The first-order valence-electron chi connectivity index (χ1n) is 3.99. The number of benzene rings is 1. The minimum Gasteiger partial charge on any atom is -0.259 e. The minimum atomic E-state index is -0.453. The summed E-state index contributed by atoms with van der Waals surface area (Å²) in [5.74, 6) is 0. The van der Waals surface area contributed by atoms with Gasteiger partial charge in [-0.15, -0.1) is 0 Å². The average molecular weight is 177 g/mol. The summed E-state index contributed by atoms with van der Waals surface area (Å²) in [5.41, 5.74) is 3.04. The monoisotopic (exact) mass is 177 g/mol. The molecule has 0 saturated carbocycles.